The molecule has 0 aliphatic carbocycles. The second kappa shape index (κ2) is 5.37. The van der Waals surface area contributed by atoms with Gasteiger partial charge in [-0.25, -0.2) is 9.78 Å². The largest absolute Gasteiger partial charge is 0.492 e. The predicted octanol–water partition coefficient (Wildman–Crippen LogP) is 0.417. The molecular formula is C11H17BN2O4. The van der Waals surface area contributed by atoms with Crippen molar-refractivity contribution >= 4 is 24.5 Å². The lowest BCUT2D eigenvalue weighted by molar-refractivity contribution is 0.0635. The molecule has 0 saturated heterocycles. The third-order valence-electron chi connectivity index (χ3n) is 1.96. The van der Waals surface area contributed by atoms with E-state index in [1.165, 1.54) is 6.07 Å². The molecule has 0 spiro atoms. The molecule has 1 rings (SSSR count). The van der Waals surface area contributed by atoms with E-state index < -0.39 is 18.8 Å². The Kier molecular flexibility index (Phi) is 4.31. The molecule has 6 nitrogen and oxygen atoms in total. The standard InChI is InChI=1S/C11H17BN2O4/c1-7-5-6-8(12(16)17)9(13-7)14-10(15)18-11(2,3)4/h5-6,16-17H,1-4H3,(H,13,14,15). The number of hydrogen-bond donors (Lipinski definition) is 3. The van der Waals surface area contributed by atoms with E-state index >= 15 is 0 Å². The number of ether oxygens (including phenoxy) is 1. The van der Waals surface area contributed by atoms with Crippen LogP contribution < -0.4 is 10.8 Å². The fraction of sp³-hybridized carbons (Fsp3) is 0.455. The third kappa shape index (κ3) is 4.35. The maximum Gasteiger partial charge on any atom is 0.492 e. The van der Waals surface area contributed by atoms with Crippen molar-refractivity contribution in [3.8, 4) is 0 Å². The molecule has 0 aromatic carbocycles. The van der Waals surface area contributed by atoms with Gasteiger partial charge in [-0.05, 0) is 33.8 Å². The van der Waals surface area contributed by atoms with Crippen LogP contribution >= 0.6 is 0 Å². The molecule has 1 heterocycles. The molecule has 7 heteroatoms. The van der Waals surface area contributed by atoms with Crippen molar-refractivity contribution in [2.24, 2.45) is 0 Å². The van der Waals surface area contributed by atoms with E-state index in [1.807, 2.05) is 0 Å². The number of aromatic nitrogens is 1. The van der Waals surface area contributed by atoms with E-state index in [9.17, 15) is 4.79 Å². The topological polar surface area (TPSA) is 91.7 Å². The summed E-state index contributed by atoms with van der Waals surface area (Å²) in [5, 5.41) is 20.7. The van der Waals surface area contributed by atoms with Gasteiger partial charge < -0.3 is 14.8 Å². The first-order chi connectivity index (χ1) is 8.19. The lowest BCUT2D eigenvalue weighted by Gasteiger charge is -2.20. The number of hydrogen-bond acceptors (Lipinski definition) is 5. The van der Waals surface area contributed by atoms with Crippen LogP contribution in [0.5, 0.6) is 0 Å². The quantitative estimate of drug-likeness (QED) is 0.663. The van der Waals surface area contributed by atoms with Crippen molar-refractivity contribution in [2.75, 3.05) is 5.32 Å². The maximum absolute atomic E-state index is 11.6. The first-order valence-corrected chi connectivity index (χ1v) is 5.53. The summed E-state index contributed by atoms with van der Waals surface area (Å²) in [6, 6.07) is 3.11. The molecule has 18 heavy (non-hydrogen) atoms. The number of rotatable bonds is 2. The van der Waals surface area contributed by atoms with Gasteiger partial charge in [-0.1, -0.05) is 6.07 Å². The fourth-order valence-electron chi connectivity index (χ4n) is 1.28. The number of anilines is 1. The summed E-state index contributed by atoms with van der Waals surface area (Å²) in [6.45, 7) is 6.93. The van der Waals surface area contributed by atoms with Gasteiger partial charge in [-0.15, -0.1) is 0 Å². The van der Waals surface area contributed by atoms with Crippen LogP contribution in [0.2, 0.25) is 0 Å². The van der Waals surface area contributed by atoms with E-state index in [4.69, 9.17) is 14.8 Å². The second-order valence-electron chi connectivity index (χ2n) is 4.89. The summed E-state index contributed by atoms with van der Waals surface area (Å²) in [7, 11) is -1.71. The lowest BCUT2D eigenvalue weighted by Crippen LogP contribution is -2.36. The summed E-state index contributed by atoms with van der Waals surface area (Å²) in [6.07, 6.45) is -0.692. The average Bonchev–Trinajstić information content (AvgIpc) is 2.13. The molecule has 0 atom stereocenters. The monoisotopic (exact) mass is 252 g/mol. The van der Waals surface area contributed by atoms with Crippen LogP contribution in [0.1, 0.15) is 26.5 Å². The Labute approximate surface area is 106 Å². The van der Waals surface area contributed by atoms with Gasteiger partial charge in [-0.3, -0.25) is 5.32 Å². The lowest BCUT2D eigenvalue weighted by atomic mass is 9.80. The minimum atomic E-state index is -1.71. The van der Waals surface area contributed by atoms with E-state index in [2.05, 4.69) is 10.3 Å². The van der Waals surface area contributed by atoms with Gasteiger partial charge in [0.25, 0.3) is 0 Å². The van der Waals surface area contributed by atoms with E-state index in [0.29, 0.717) is 5.69 Å². The van der Waals surface area contributed by atoms with Crippen molar-refractivity contribution in [3.63, 3.8) is 0 Å². The van der Waals surface area contributed by atoms with Gasteiger partial charge >= 0.3 is 13.2 Å². The van der Waals surface area contributed by atoms with Gasteiger partial charge in [0.1, 0.15) is 11.4 Å². The smallest absolute Gasteiger partial charge is 0.444 e. The molecular weight excluding hydrogens is 235 g/mol. The Hall–Kier alpha value is -1.60. The molecule has 98 valence electrons. The van der Waals surface area contributed by atoms with Crippen LogP contribution in [-0.4, -0.2) is 33.8 Å². The third-order valence-corrected chi connectivity index (χ3v) is 1.96. The summed E-state index contributed by atoms with van der Waals surface area (Å²) >= 11 is 0. The second-order valence-corrected chi connectivity index (χ2v) is 4.89. The molecule has 1 aromatic rings. The fourth-order valence-corrected chi connectivity index (χ4v) is 1.28. The highest BCUT2D eigenvalue weighted by Gasteiger charge is 2.21. The SMILES string of the molecule is Cc1ccc(B(O)O)c(NC(=O)OC(C)(C)C)n1. The highest BCUT2D eigenvalue weighted by atomic mass is 16.6. The molecule has 0 unspecified atom stereocenters. The molecule has 0 bridgehead atoms. The van der Waals surface area contributed by atoms with Gasteiger partial charge in [-0.2, -0.15) is 0 Å². The zero-order chi connectivity index (χ0) is 13.9. The molecule has 0 fully saturated rings. The van der Waals surface area contributed by atoms with Crippen LogP contribution in [0.25, 0.3) is 0 Å². The van der Waals surface area contributed by atoms with Crippen LogP contribution in [-0.2, 0) is 4.74 Å². The Morgan fingerprint density at radius 1 is 1.39 bits per heavy atom. The van der Waals surface area contributed by atoms with Crippen LogP contribution in [0, 0.1) is 6.92 Å². The minimum Gasteiger partial charge on any atom is -0.444 e. The molecule has 3 N–H and O–H groups in total. The number of carbonyl (C=O) groups is 1. The highest BCUT2D eigenvalue weighted by molar-refractivity contribution is 6.60. The van der Waals surface area contributed by atoms with E-state index in [1.54, 1.807) is 33.8 Å². The normalized spacial score (nSPS) is 11.0. The zero-order valence-corrected chi connectivity index (χ0v) is 10.9. The van der Waals surface area contributed by atoms with Crippen molar-refractivity contribution in [2.45, 2.75) is 33.3 Å². The number of pyridine rings is 1. The molecule has 0 radical (unpaired) electrons. The van der Waals surface area contributed by atoms with Gasteiger partial charge in [0.15, 0.2) is 0 Å². The highest BCUT2D eigenvalue weighted by Crippen LogP contribution is 2.09. The van der Waals surface area contributed by atoms with Crippen molar-refractivity contribution in [1.29, 1.82) is 0 Å². The van der Waals surface area contributed by atoms with Crippen molar-refractivity contribution in [1.82, 2.24) is 4.98 Å². The van der Waals surface area contributed by atoms with E-state index in [-0.39, 0.29) is 11.3 Å². The number of nitrogens with one attached hydrogen (secondary N) is 1. The Morgan fingerprint density at radius 2 is 2.00 bits per heavy atom. The van der Waals surface area contributed by atoms with Crippen LogP contribution in [0.3, 0.4) is 0 Å². The number of aryl methyl sites for hydroxylation is 1. The summed E-state index contributed by atoms with van der Waals surface area (Å²) in [4.78, 5) is 15.6. The van der Waals surface area contributed by atoms with Crippen LogP contribution in [0.15, 0.2) is 12.1 Å². The van der Waals surface area contributed by atoms with Crippen molar-refractivity contribution in [3.05, 3.63) is 17.8 Å². The molecule has 1 aromatic heterocycles. The maximum atomic E-state index is 11.6. The first kappa shape index (κ1) is 14.5. The Morgan fingerprint density at radius 3 is 2.50 bits per heavy atom. The average molecular weight is 252 g/mol. The van der Waals surface area contributed by atoms with Gasteiger partial charge in [0.2, 0.25) is 0 Å². The number of carbonyl (C=O) groups excluding carboxylic acids is 1. The zero-order valence-electron chi connectivity index (χ0n) is 10.9. The van der Waals surface area contributed by atoms with Gasteiger partial charge in [0.05, 0.1) is 0 Å². The van der Waals surface area contributed by atoms with E-state index in [0.717, 1.165) is 0 Å². The first-order valence-electron chi connectivity index (χ1n) is 5.53. The Bertz CT molecular complexity index is 443. The summed E-state index contributed by atoms with van der Waals surface area (Å²) in [5.74, 6) is 0.0826. The Balaban J connectivity index is 2.89. The van der Waals surface area contributed by atoms with Crippen molar-refractivity contribution < 1.29 is 19.6 Å². The molecule has 0 aliphatic rings. The predicted molar refractivity (Wildman–Crippen MR) is 68.7 cm³/mol. The summed E-state index contributed by atoms with van der Waals surface area (Å²) in [5.41, 5.74) is 0.128. The summed E-state index contributed by atoms with van der Waals surface area (Å²) < 4.78 is 5.06. The molecule has 0 saturated carbocycles. The van der Waals surface area contributed by atoms with Gasteiger partial charge in [0, 0.05) is 11.2 Å². The molecule has 0 aliphatic heterocycles. The number of nitrogens with zero attached hydrogens (tertiary/aromatic N) is 1. The minimum absolute atomic E-state index is 0.0826. The number of amides is 1. The van der Waals surface area contributed by atoms with Crippen LogP contribution in [0.4, 0.5) is 10.6 Å². The molecule has 1 amide bonds.